The van der Waals surface area contributed by atoms with E-state index in [0.717, 1.165) is 5.69 Å². The predicted octanol–water partition coefficient (Wildman–Crippen LogP) is 1.16. The third-order valence-corrected chi connectivity index (χ3v) is 2.75. The average molecular weight is 272 g/mol. The molecule has 1 heterocycles. The van der Waals surface area contributed by atoms with Crippen LogP contribution < -0.4 is 16.6 Å². The summed E-state index contributed by atoms with van der Waals surface area (Å²) in [6, 6.07) is 9.96. The van der Waals surface area contributed by atoms with Crippen LogP contribution in [0.15, 0.2) is 41.2 Å². The molecule has 6 nitrogen and oxygen atoms in total. The average Bonchev–Trinajstić information content (AvgIpc) is 2.42. The zero-order valence-corrected chi connectivity index (χ0v) is 11.2. The first kappa shape index (κ1) is 13.8. The Balaban J connectivity index is 1.93. The number of rotatable bonds is 4. The molecule has 1 aromatic heterocycles. The van der Waals surface area contributed by atoms with Crippen LogP contribution in [0.2, 0.25) is 0 Å². The molecule has 2 aromatic rings. The van der Waals surface area contributed by atoms with Crippen LogP contribution in [-0.4, -0.2) is 15.7 Å². The molecule has 0 radical (unpaired) electrons. The monoisotopic (exact) mass is 272 g/mol. The third kappa shape index (κ3) is 3.68. The quantitative estimate of drug-likeness (QED) is 0.817. The van der Waals surface area contributed by atoms with Gasteiger partial charge in [0.15, 0.2) is 0 Å². The number of carbonyl (C=O) groups excluding carboxylic acids is 1. The summed E-state index contributed by atoms with van der Waals surface area (Å²) in [4.78, 5) is 23.3. The molecule has 0 saturated heterocycles. The minimum Gasteiger partial charge on any atom is -0.399 e. The van der Waals surface area contributed by atoms with Gasteiger partial charge in [-0.2, -0.15) is 5.10 Å². The van der Waals surface area contributed by atoms with Crippen LogP contribution in [0.4, 0.5) is 11.4 Å². The van der Waals surface area contributed by atoms with Crippen LogP contribution in [0, 0.1) is 6.92 Å². The van der Waals surface area contributed by atoms with Gasteiger partial charge in [-0.15, -0.1) is 0 Å². The number of nitrogen functional groups attached to an aromatic ring is 1. The fourth-order valence-corrected chi connectivity index (χ4v) is 1.71. The highest BCUT2D eigenvalue weighted by Gasteiger charge is 2.05. The van der Waals surface area contributed by atoms with Crippen molar-refractivity contribution in [2.24, 2.45) is 0 Å². The van der Waals surface area contributed by atoms with E-state index in [9.17, 15) is 9.59 Å². The van der Waals surface area contributed by atoms with Crippen molar-refractivity contribution in [1.82, 2.24) is 9.78 Å². The molecule has 0 bridgehead atoms. The van der Waals surface area contributed by atoms with Crippen molar-refractivity contribution in [3.05, 3.63) is 52.4 Å². The highest BCUT2D eigenvalue weighted by atomic mass is 16.2. The Bertz CT molecular complexity index is 662. The second kappa shape index (κ2) is 6.01. The van der Waals surface area contributed by atoms with Gasteiger partial charge in [-0.25, -0.2) is 4.68 Å². The third-order valence-electron chi connectivity index (χ3n) is 2.75. The van der Waals surface area contributed by atoms with E-state index in [4.69, 9.17) is 5.73 Å². The number of anilines is 2. The molecule has 0 aliphatic carbocycles. The molecule has 0 spiro atoms. The number of carbonyl (C=O) groups is 1. The van der Waals surface area contributed by atoms with Gasteiger partial charge in [-0.3, -0.25) is 9.59 Å². The van der Waals surface area contributed by atoms with Crippen molar-refractivity contribution in [2.45, 2.75) is 19.9 Å². The maximum atomic E-state index is 11.8. The standard InChI is InChI=1S/C14H16N4O2/c1-10-2-7-14(20)18(17-10)9-8-13(19)16-12-5-3-11(15)4-6-12/h2-7H,8-9,15H2,1H3,(H,16,19). The molecular formula is C14H16N4O2. The normalized spacial score (nSPS) is 10.2. The van der Waals surface area contributed by atoms with E-state index >= 15 is 0 Å². The zero-order valence-electron chi connectivity index (χ0n) is 11.2. The predicted molar refractivity (Wildman–Crippen MR) is 77.3 cm³/mol. The highest BCUT2D eigenvalue weighted by Crippen LogP contribution is 2.10. The van der Waals surface area contributed by atoms with Gasteiger partial charge in [-0.05, 0) is 37.3 Å². The lowest BCUT2D eigenvalue weighted by molar-refractivity contribution is -0.116. The minimum atomic E-state index is -0.212. The number of nitrogens with two attached hydrogens (primary N) is 1. The minimum absolute atomic E-state index is 0.176. The van der Waals surface area contributed by atoms with Crippen LogP contribution >= 0.6 is 0 Å². The van der Waals surface area contributed by atoms with Gasteiger partial charge in [0.05, 0.1) is 12.2 Å². The Hall–Kier alpha value is -2.63. The number of aromatic nitrogens is 2. The Morgan fingerprint density at radius 2 is 1.95 bits per heavy atom. The van der Waals surface area contributed by atoms with Crippen molar-refractivity contribution >= 4 is 17.3 Å². The molecule has 1 aromatic carbocycles. The maximum Gasteiger partial charge on any atom is 0.266 e. The first-order valence-electron chi connectivity index (χ1n) is 6.25. The Labute approximate surface area is 116 Å². The first-order chi connectivity index (χ1) is 9.54. The van der Waals surface area contributed by atoms with Crippen molar-refractivity contribution in [3.63, 3.8) is 0 Å². The molecule has 2 rings (SSSR count). The van der Waals surface area contributed by atoms with Gasteiger partial charge >= 0.3 is 0 Å². The molecule has 3 N–H and O–H groups in total. The number of nitrogens with zero attached hydrogens (tertiary/aromatic N) is 2. The van der Waals surface area contributed by atoms with Gasteiger partial charge in [0.2, 0.25) is 5.91 Å². The van der Waals surface area contributed by atoms with Crippen LogP contribution in [0.5, 0.6) is 0 Å². The Morgan fingerprint density at radius 3 is 2.65 bits per heavy atom. The van der Waals surface area contributed by atoms with E-state index in [2.05, 4.69) is 10.4 Å². The van der Waals surface area contributed by atoms with E-state index in [1.165, 1.54) is 10.7 Å². The van der Waals surface area contributed by atoms with Gasteiger partial charge in [-0.1, -0.05) is 0 Å². The number of amides is 1. The molecule has 0 fully saturated rings. The SMILES string of the molecule is Cc1ccc(=O)n(CCC(=O)Nc2ccc(N)cc2)n1. The molecule has 6 heteroatoms. The number of aryl methyl sites for hydroxylation is 2. The summed E-state index contributed by atoms with van der Waals surface area (Å²) in [5.74, 6) is -0.176. The van der Waals surface area contributed by atoms with Crippen molar-refractivity contribution in [2.75, 3.05) is 11.1 Å². The largest absolute Gasteiger partial charge is 0.399 e. The number of hydrogen-bond acceptors (Lipinski definition) is 4. The summed E-state index contributed by atoms with van der Waals surface area (Å²) < 4.78 is 1.29. The summed E-state index contributed by atoms with van der Waals surface area (Å²) in [6.07, 6.45) is 0.181. The lowest BCUT2D eigenvalue weighted by Gasteiger charge is -2.07. The van der Waals surface area contributed by atoms with Crippen molar-refractivity contribution < 1.29 is 4.79 Å². The molecule has 0 aliphatic rings. The number of hydrogen-bond donors (Lipinski definition) is 2. The second-order valence-corrected chi connectivity index (χ2v) is 4.46. The number of benzene rings is 1. The van der Waals surface area contributed by atoms with E-state index in [-0.39, 0.29) is 24.4 Å². The van der Waals surface area contributed by atoms with E-state index in [0.29, 0.717) is 11.4 Å². The maximum absolute atomic E-state index is 11.8. The lowest BCUT2D eigenvalue weighted by Crippen LogP contribution is -2.25. The summed E-state index contributed by atoms with van der Waals surface area (Å²) in [5.41, 5.74) is 7.40. The van der Waals surface area contributed by atoms with Crippen molar-refractivity contribution in [1.29, 1.82) is 0 Å². The fourth-order valence-electron chi connectivity index (χ4n) is 1.71. The smallest absolute Gasteiger partial charge is 0.266 e. The molecule has 0 unspecified atom stereocenters. The molecule has 0 atom stereocenters. The topological polar surface area (TPSA) is 90.0 Å². The van der Waals surface area contributed by atoms with Gasteiger partial charge in [0.25, 0.3) is 5.56 Å². The summed E-state index contributed by atoms with van der Waals surface area (Å²) >= 11 is 0. The Morgan fingerprint density at radius 1 is 1.25 bits per heavy atom. The molecule has 0 aliphatic heterocycles. The van der Waals surface area contributed by atoms with Gasteiger partial charge < -0.3 is 11.1 Å². The van der Waals surface area contributed by atoms with E-state index in [1.54, 1.807) is 37.3 Å². The molecule has 1 amide bonds. The van der Waals surface area contributed by atoms with Gasteiger partial charge in [0.1, 0.15) is 0 Å². The van der Waals surface area contributed by atoms with Crippen LogP contribution in [0.3, 0.4) is 0 Å². The molecular weight excluding hydrogens is 256 g/mol. The van der Waals surface area contributed by atoms with Gasteiger partial charge in [0, 0.05) is 23.9 Å². The van der Waals surface area contributed by atoms with Crippen LogP contribution in [0.1, 0.15) is 12.1 Å². The van der Waals surface area contributed by atoms with E-state index < -0.39 is 0 Å². The zero-order chi connectivity index (χ0) is 14.5. The fraction of sp³-hybridized carbons (Fsp3) is 0.214. The summed E-state index contributed by atoms with van der Waals surface area (Å²) in [6.45, 7) is 2.05. The first-order valence-corrected chi connectivity index (χ1v) is 6.25. The molecule has 104 valence electrons. The summed E-state index contributed by atoms with van der Waals surface area (Å²) in [7, 11) is 0. The summed E-state index contributed by atoms with van der Waals surface area (Å²) in [5, 5.41) is 6.81. The van der Waals surface area contributed by atoms with Crippen LogP contribution in [0.25, 0.3) is 0 Å². The highest BCUT2D eigenvalue weighted by molar-refractivity contribution is 5.90. The second-order valence-electron chi connectivity index (χ2n) is 4.46. The van der Waals surface area contributed by atoms with Crippen molar-refractivity contribution in [3.8, 4) is 0 Å². The van der Waals surface area contributed by atoms with Crippen LogP contribution in [-0.2, 0) is 11.3 Å². The molecule has 0 saturated carbocycles. The Kier molecular flexibility index (Phi) is 4.14. The lowest BCUT2D eigenvalue weighted by atomic mass is 10.3. The number of nitrogens with one attached hydrogen (secondary N) is 1. The molecule has 20 heavy (non-hydrogen) atoms. The van der Waals surface area contributed by atoms with E-state index in [1.807, 2.05) is 0 Å².